The van der Waals surface area contributed by atoms with Gasteiger partial charge in [0.2, 0.25) is 5.91 Å². The van der Waals surface area contributed by atoms with Gasteiger partial charge < -0.3 is 14.1 Å². The van der Waals surface area contributed by atoms with E-state index in [0.29, 0.717) is 32.1 Å². The molecule has 1 aromatic heterocycles. The smallest absolute Gasteiger partial charge is 0.258 e. The number of ether oxygens (including phenoxy) is 1. The number of carbonyl (C=O) groups is 2. The van der Waals surface area contributed by atoms with Crippen molar-refractivity contribution in [2.75, 3.05) is 32.8 Å². The van der Waals surface area contributed by atoms with Gasteiger partial charge in [-0.2, -0.15) is 0 Å². The van der Waals surface area contributed by atoms with Gasteiger partial charge in [-0.05, 0) is 54.5 Å². The molecule has 3 aromatic rings. The number of fused-ring (bicyclic) bond motifs is 1. The van der Waals surface area contributed by atoms with E-state index in [9.17, 15) is 9.59 Å². The second-order valence-corrected chi connectivity index (χ2v) is 10.6. The van der Waals surface area contributed by atoms with E-state index in [-0.39, 0.29) is 17.7 Å². The predicted molar refractivity (Wildman–Crippen MR) is 135 cm³/mol. The number of carbonyl (C=O) groups excluding carboxylic acids is 2. The van der Waals surface area contributed by atoms with E-state index < -0.39 is 5.54 Å². The van der Waals surface area contributed by atoms with Gasteiger partial charge in [-0.15, -0.1) is 0 Å². The van der Waals surface area contributed by atoms with Crippen LogP contribution in [-0.2, 0) is 14.3 Å². The van der Waals surface area contributed by atoms with Gasteiger partial charge in [-0.1, -0.05) is 30.3 Å². The highest BCUT2D eigenvalue weighted by Crippen LogP contribution is 2.36. The van der Waals surface area contributed by atoms with Gasteiger partial charge in [0.15, 0.2) is 5.54 Å². The maximum absolute atomic E-state index is 13.7. The number of furan rings is 1. The van der Waals surface area contributed by atoms with Crippen LogP contribution in [-0.4, -0.2) is 65.8 Å². The molecule has 0 bridgehead atoms. The molecule has 36 heavy (non-hydrogen) atoms. The zero-order valence-corrected chi connectivity index (χ0v) is 20.2. The van der Waals surface area contributed by atoms with Crippen LogP contribution >= 0.6 is 0 Å². The van der Waals surface area contributed by atoms with Crippen LogP contribution in [0.5, 0.6) is 0 Å². The van der Waals surface area contributed by atoms with Gasteiger partial charge in [-0.3, -0.25) is 14.5 Å². The fourth-order valence-corrected chi connectivity index (χ4v) is 5.85. The Bertz CT molecular complexity index is 1360. The van der Waals surface area contributed by atoms with Crippen LogP contribution in [0.1, 0.15) is 31.2 Å². The SMILES string of the molecule is O=C(C1CC1)N1CC[C@@H](CN2C(=O)C3(CCOC3)N=C2c2ccc(-c3ccc4occc4c3)cc2)C1. The van der Waals surface area contributed by atoms with Gasteiger partial charge in [0.25, 0.3) is 5.91 Å². The van der Waals surface area contributed by atoms with Gasteiger partial charge in [0, 0.05) is 49.5 Å². The number of hydrogen-bond acceptors (Lipinski definition) is 5. The number of aliphatic imine (C=N–C) groups is 1. The molecule has 4 aliphatic rings. The second-order valence-electron chi connectivity index (χ2n) is 10.6. The summed E-state index contributed by atoms with van der Waals surface area (Å²) in [5, 5.41) is 1.07. The van der Waals surface area contributed by atoms with E-state index in [1.165, 1.54) is 0 Å². The van der Waals surface area contributed by atoms with E-state index >= 15 is 0 Å². The minimum atomic E-state index is -0.803. The molecule has 1 spiro atoms. The summed E-state index contributed by atoms with van der Waals surface area (Å²) in [5.41, 5.74) is 3.22. The Morgan fingerprint density at radius 1 is 1.03 bits per heavy atom. The molecule has 7 heteroatoms. The van der Waals surface area contributed by atoms with Crippen molar-refractivity contribution in [1.29, 1.82) is 0 Å². The molecule has 3 aliphatic heterocycles. The van der Waals surface area contributed by atoms with Crippen LogP contribution in [0.15, 0.2) is 64.2 Å². The normalized spacial score (nSPS) is 25.9. The summed E-state index contributed by atoms with van der Waals surface area (Å²) < 4.78 is 11.1. The van der Waals surface area contributed by atoms with Crippen molar-refractivity contribution in [3.63, 3.8) is 0 Å². The van der Waals surface area contributed by atoms with Gasteiger partial charge in [0.1, 0.15) is 11.4 Å². The summed E-state index contributed by atoms with van der Waals surface area (Å²) in [5.74, 6) is 1.57. The number of benzene rings is 2. The molecule has 7 rings (SSSR count). The van der Waals surface area contributed by atoms with Crippen molar-refractivity contribution in [2.24, 2.45) is 16.8 Å². The Morgan fingerprint density at radius 2 is 1.83 bits per heavy atom. The first-order chi connectivity index (χ1) is 17.6. The highest BCUT2D eigenvalue weighted by molar-refractivity contribution is 6.15. The molecule has 1 aliphatic carbocycles. The van der Waals surface area contributed by atoms with Crippen LogP contribution in [0.4, 0.5) is 0 Å². The summed E-state index contributed by atoms with van der Waals surface area (Å²) in [7, 11) is 0. The van der Waals surface area contributed by atoms with Crippen LogP contribution in [0.25, 0.3) is 22.1 Å². The molecule has 2 saturated heterocycles. The summed E-state index contributed by atoms with van der Waals surface area (Å²) >= 11 is 0. The first kappa shape index (κ1) is 21.8. The molecule has 1 unspecified atom stereocenters. The van der Waals surface area contributed by atoms with E-state index in [1.807, 2.05) is 21.9 Å². The van der Waals surface area contributed by atoms with Crippen molar-refractivity contribution in [2.45, 2.75) is 31.2 Å². The molecule has 184 valence electrons. The number of rotatable bonds is 5. The van der Waals surface area contributed by atoms with E-state index in [1.54, 1.807) is 6.26 Å². The van der Waals surface area contributed by atoms with Crippen LogP contribution in [0.2, 0.25) is 0 Å². The number of amidine groups is 1. The van der Waals surface area contributed by atoms with Gasteiger partial charge in [-0.25, -0.2) is 4.99 Å². The van der Waals surface area contributed by atoms with Crippen LogP contribution < -0.4 is 0 Å². The molecular formula is C29H29N3O4. The second kappa shape index (κ2) is 8.30. The van der Waals surface area contributed by atoms with Crippen molar-refractivity contribution in [3.05, 3.63) is 60.4 Å². The summed E-state index contributed by atoms with van der Waals surface area (Å²) in [4.78, 5) is 35.1. The molecule has 4 heterocycles. The highest BCUT2D eigenvalue weighted by atomic mass is 16.5. The Kier molecular flexibility index (Phi) is 5.03. The van der Waals surface area contributed by atoms with Crippen molar-refractivity contribution in [1.82, 2.24) is 9.80 Å². The average Bonchev–Trinajstić information content (AvgIpc) is 3.24. The number of likely N-dealkylation sites (tertiary alicyclic amines) is 1. The molecule has 7 nitrogen and oxygen atoms in total. The monoisotopic (exact) mass is 483 g/mol. The molecule has 0 radical (unpaired) electrons. The predicted octanol–water partition coefficient (Wildman–Crippen LogP) is 4.11. The molecule has 0 N–H and O–H groups in total. The zero-order valence-electron chi connectivity index (χ0n) is 20.2. The summed E-state index contributed by atoms with van der Waals surface area (Å²) in [6.45, 7) is 3.00. The van der Waals surface area contributed by atoms with Gasteiger partial charge in [0.05, 0.1) is 12.9 Å². The third-order valence-corrected chi connectivity index (χ3v) is 8.11. The Morgan fingerprint density at radius 3 is 2.61 bits per heavy atom. The van der Waals surface area contributed by atoms with E-state index in [0.717, 1.165) is 65.8 Å². The zero-order chi connectivity index (χ0) is 24.3. The van der Waals surface area contributed by atoms with Crippen molar-refractivity contribution >= 4 is 28.6 Å². The fraction of sp³-hybridized carbons (Fsp3) is 0.414. The number of nitrogens with zero attached hydrogens (tertiary/aromatic N) is 3. The quantitative estimate of drug-likeness (QED) is 0.548. The maximum Gasteiger partial charge on any atom is 0.258 e. The topological polar surface area (TPSA) is 75.4 Å². The largest absolute Gasteiger partial charge is 0.464 e. The molecule has 2 atom stereocenters. The molecule has 3 fully saturated rings. The molecule has 2 amide bonds. The summed E-state index contributed by atoms with van der Waals surface area (Å²) in [6, 6.07) is 16.4. The standard InChI is InChI=1S/C29H29N3O4/c33-27(22-5-6-22)31-12-9-19(16-31)17-32-26(30-29(28(32)34)11-14-35-18-29)21-3-1-20(2-4-21)23-7-8-25-24(15-23)10-13-36-25/h1-4,7-8,10,13,15,19,22H,5-6,9,11-12,14,16-18H2/t19-,29?/m1/s1. The third kappa shape index (κ3) is 3.64. The molecular weight excluding hydrogens is 454 g/mol. The lowest BCUT2D eigenvalue weighted by atomic mass is 9.98. The lowest BCUT2D eigenvalue weighted by Crippen LogP contribution is -2.45. The van der Waals surface area contributed by atoms with E-state index in [4.69, 9.17) is 14.1 Å². The minimum Gasteiger partial charge on any atom is -0.464 e. The minimum absolute atomic E-state index is 0.0384. The lowest BCUT2D eigenvalue weighted by Gasteiger charge is -2.25. The van der Waals surface area contributed by atoms with Gasteiger partial charge >= 0.3 is 0 Å². The molecule has 2 aromatic carbocycles. The van der Waals surface area contributed by atoms with Crippen LogP contribution in [0.3, 0.4) is 0 Å². The maximum atomic E-state index is 13.7. The summed E-state index contributed by atoms with van der Waals surface area (Å²) in [6.07, 6.45) is 5.29. The first-order valence-corrected chi connectivity index (χ1v) is 13.0. The molecule has 1 saturated carbocycles. The fourth-order valence-electron chi connectivity index (χ4n) is 5.85. The lowest BCUT2D eigenvalue weighted by molar-refractivity contribution is -0.131. The Balaban J connectivity index is 1.15. The Labute approximate surface area is 209 Å². The first-order valence-electron chi connectivity index (χ1n) is 13.0. The van der Waals surface area contributed by atoms with Crippen LogP contribution in [0, 0.1) is 11.8 Å². The van der Waals surface area contributed by atoms with E-state index in [2.05, 4.69) is 36.4 Å². The number of hydrogen-bond donors (Lipinski definition) is 0. The average molecular weight is 484 g/mol. The number of amides is 2. The van der Waals surface area contributed by atoms with Crippen molar-refractivity contribution in [3.8, 4) is 11.1 Å². The third-order valence-electron chi connectivity index (χ3n) is 8.11. The Hall–Kier alpha value is -3.45. The highest BCUT2D eigenvalue weighted by Gasteiger charge is 2.51. The van der Waals surface area contributed by atoms with Crippen molar-refractivity contribution < 1.29 is 18.7 Å².